The van der Waals surface area contributed by atoms with Gasteiger partial charge in [-0.1, -0.05) is 6.92 Å². The third kappa shape index (κ3) is 4.52. The summed E-state index contributed by atoms with van der Waals surface area (Å²) in [6, 6.07) is 3.98. The number of amides is 1. The Labute approximate surface area is 124 Å². The van der Waals surface area contributed by atoms with Gasteiger partial charge in [0.1, 0.15) is 11.5 Å². The lowest BCUT2D eigenvalue weighted by molar-refractivity contribution is 0.0934. The van der Waals surface area contributed by atoms with Crippen LogP contribution in [-0.2, 0) is 6.54 Å². The molecule has 2 aromatic heterocycles. The number of aromatic nitrogens is 3. The van der Waals surface area contributed by atoms with Crippen LogP contribution >= 0.6 is 0 Å². The molecule has 0 aromatic carbocycles. The topological polar surface area (TPSA) is 79.8 Å². The summed E-state index contributed by atoms with van der Waals surface area (Å²) in [6.45, 7) is 4.61. The lowest BCUT2D eigenvalue weighted by atomic mass is 10.2. The summed E-state index contributed by atoms with van der Waals surface area (Å²) < 4.78 is 0. The van der Waals surface area contributed by atoms with Gasteiger partial charge in [0.05, 0.1) is 12.4 Å². The molecule has 1 amide bonds. The fraction of sp³-hybridized carbons (Fsp3) is 0.333. The highest BCUT2D eigenvalue weighted by molar-refractivity contribution is 5.92. The minimum atomic E-state index is -0.197. The van der Waals surface area contributed by atoms with E-state index in [1.165, 1.54) is 6.20 Å². The van der Waals surface area contributed by atoms with Crippen molar-refractivity contribution in [1.82, 2.24) is 20.3 Å². The van der Waals surface area contributed by atoms with Gasteiger partial charge < -0.3 is 10.6 Å². The van der Waals surface area contributed by atoms with Gasteiger partial charge in [0.25, 0.3) is 5.91 Å². The van der Waals surface area contributed by atoms with Crippen LogP contribution in [0.25, 0.3) is 0 Å². The van der Waals surface area contributed by atoms with E-state index >= 15 is 0 Å². The molecular formula is C15H19N5O. The van der Waals surface area contributed by atoms with Crippen molar-refractivity contribution in [2.45, 2.75) is 32.9 Å². The first-order valence-corrected chi connectivity index (χ1v) is 6.94. The smallest absolute Gasteiger partial charge is 0.271 e. The zero-order chi connectivity index (χ0) is 15.1. The van der Waals surface area contributed by atoms with Gasteiger partial charge in [0.2, 0.25) is 0 Å². The summed E-state index contributed by atoms with van der Waals surface area (Å²) in [5, 5.41) is 6.00. The van der Waals surface area contributed by atoms with Gasteiger partial charge in [-0.05, 0) is 31.0 Å². The summed E-state index contributed by atoms with van der Waals surface area (Å²) >= 11 is 0. The first-order valence-electron chi connectivity index (χ1n) is 6.94. The van der Waals surface area contributed by atoms with E-state index in [2.05, 4.69) is 25.6 Å². The normalized spacial score (nSPS) is 11.7. The number of hydrogen-bond donors (Lipinski definition) is 2. The number of anilines is 1. The van der Waals surface area contributed by atoms with E-state index in [1.807, 2.05) is 26.0 Å². The van der Waals surface area contributed by atoms with Crippen molar-refractivity contribution < 1.29 is 4.79 Å². The molecule has 2 aromatic rings. The summed E-state index contributed by atoms with van der Waals surface area (Å²) in [4.78, 5) is 24.2. The summed E-state index contributed by atoms with van der Waals surface area (Å²) in [5.41, 5.74) is 1.43. The molecule has 1 unspecified atom stereocenters. The molecular weight excluding hydrogens is 266 g/mol. The number of nitrogens with one attached hydrogen (secondary N) is 2. The Balaban J connectivity index is 1.91. The standard InChI is InChI=1S/C15H19N5O/c1-3-11(2)20-15(21)13-9-19-14(10-17-13)18-8-12-4-6-16-7-5-12/h4-7,9-11H,3,8H2,1-2H3,(H,18,19)(H,20,21). The number of carbonyl (C=O) groups is 1. The van der Waals surface area contributed by atoms with Crippen molar-refractivity contribution >= 4 is 11.7 Å². The highest BCUT2D eigenvalue weighted by Gasteiger charge is 2.10. The Kier molecular flexibility index (Phi) is 5.20. The molecule has 0 bridgehead atoms. The number of hydrogen-bond acceptors (Lipinski definition) is 5. The van der Waals surface area contributed by atoms with Crippen LogP contribution in [0, 0.1) is 0 Å². The molecule has 2 heterocycles. The zero-order valence-electron chi connectivity index (χ0n) is 12.2. The molecule has 2 N–H and O–H groups in total. The lowest BCUT2D eigenvalue weighted by Crippen LogP contribution is -2.32. The van der Waals surface area contributed by atoms with Crippen molar-refractivity contribution in [3.05, 3.63) is 48.2 Å². The van der Waals surface area contributed by atoms with Crippen molar-refractivity contribution in [3.8, 4) is 0 Å². The molecule has 0 spiro atoms. The second kappa shape index (κ2) is 7.33. The van der Waals surface area contributed by atoms with Crippen LogP contribution in [-0.4, -0.2) is 26.9 Å². The first-order chi connectivity index (χ1) is 10.2. The molecule has 21 heavy (non-hydrogen) atoms. The largest absolute Gasteiger partial charge is 0.365 e. The Morgan fingerprint density at radius 3 is 2.62 bits per heavy atom. The molecule has 6 heteroatoms. The van der Waals surface area contributed by atoms with Crippen LogP contribution in [0.4, 0.5) is 5.82 Å². The Bertz CT molecular complexity index is 570. The van der Waals surface area contributed by atoms with E-state index in [0.717, 1.165) is 12.0 Å². The zero-order valence-corrected chi connectivity index (χ0v) is 12.2. The molecule has 0 aliphatic heterocycles. The fourth-order valence-electron chi connectivity index (χ4n) is 1.63. The molecule has 110 valence electrons. The maximum absolute atomic E-state index is 11.9. The monoisotopic (exact) mass is 285 g/mol. The first kappa shape index (κ1) is 14.9. The van der Waals surface area contributed by atoms with Gasteiger partial charge in [-0.2, -0.15) is 0 Å². The van der Waals surface area contributed by atoms with E-state index < -0.39 is 0 Å². The van der Waals surface area contributed by atoms with Crippen molar-refractivity contribution in [2.24, 2.45) is 0 Å². The highest BCUT2D eigenvalue weighted by Crippen LogP contribution is 2.05. The molecule has 0 saturated heterocycles. The second-order valence-electron chi connectivity index (χ2n) is 4.78. The van der Waals surface area contributed by atoms with E-state index in [-0.39, 0.29) is 11.9 Å². The number of pyridine rings is 1. The van der Waals surface area contributed by atoms with Crippen molar-refractivity contribution in [1.29, 1.82) is 0 Å². The summed E-state index contributed by atoms with van der Waals surface area (Å²) in [5.74, 6) is 0.435. The number of carbonyl (C=O) groups excluding carboxylic acids is 1. The van der Waals surface area contributed by atoms with Gasteiger partial charge in [0, 0.05) is 25.0 Å². The molecule has 2 rings (SSSR count). The van der Waals surface area contributed by atoms with Crippen LogP contribution in [0.5, 0.6) is 0 Å². The van der Waals surface area contributed by atoms with Crippen LogP contribution in [0.15, 0.2) is 36.9 Å². The van der Waals surface area contributed by atoms with E-state index in [9.17, 15) is 4.79 Å². The van der Waals surface area contributed by atoms with Crippen LogP contribution in [0.3, 0.4) is 0 Å². The quantitative estimate of drug-likeness (QED) is 0.848. The number of rotatable bonds is 6. The Morgan fingerprint density at radius 1 is 1.24 bits per heavy atom. The average Bonchev–Trinajstić information content (AvgIpc) is 2.54. The van der Waals surface area contributed by atoms with E-state index in [4.69, 9.17) is 0 Å². The van der Waals surface area contributed by atoms with Crippen molar-refractivity contribution in [2.75, 3.05) is 5.32 Å². The summed E-state index contributed by atoms with van der Waals surface area (Å²) in [6.07, 6.45) is 7.40. The minimum Gasteiger partial charge on any atom is -0.365 e. The van der Waals surface area contributed by atoms with Crippen LogP contribution < -0.4 is 10.6 Å². The Hall–Kier alpha value is -2.50. The van der Waals surface area contributed by atoms with Gasteiger partial charge in [-0.25, -0.2) is 9.97 Å². The predicted molar refractivity (Wildman–Crippen MR) is 80.8 cm³/mol. The van der Waals surface area contributed by atoms with Crippen LogP contribution in [0.2, 0.25) is 0 Å². The molecule has 0 saturated carbocycles. The predicted octanol–water partition coefficient (Wildman–Crippen LogP) is 2.01. The third-order valence-electron chi connectivity index (χ3n) is 3.10. The van der Waals surface area contributed by atoms with Crippen LogP contribution in [0.1, 0.15) is 36.3 Å². The fourth-order valence-corrected chi connectivity index (χ4v) is 1.63. The summed E-state index contributed by atoms with van der Waals surface area (Å²) in [7, 11) is 0. The average molecular weight is 285 g/mol. The maximum atomic E-state index is 11.9. The van der Waals surface area contributed by atoms with E-state index in [1.54, 1.807) is 18.6 Å². The third-order valence-corrected chi connectivity index (χ3v) is 3.10. The molecule has 0 radical (unpaired) electrons. The minimum absolute atomic E-state index is 0.129. The van der Waals surface area contributed by atoms with Crippen molar-refractivity contribution in [3.63, 3.8) is 0 Å². The van der Waals surface area contributed by atoms with Gasteiger partial charge >= 0.3 is 0 Å². The molecule has 0 aliphatic rings. The highest BCUT2D eigenvalue weighted by atomic mass is 16.1. The van der Waals surface area contributed by atoms with E-state index in [0.29, 0.717) is 18.1 Å². The molecule has 0 fully saturated rings. The number of nitrogens with zero attached hydrogens (tertiary/aromatic N) is 3. The lowest BCUT2D eigenvalue weighted by Gasteiger charge is -2.11. The van der Waals surface area contributed by atoms with Gasteiger partial charge in [-0.3, -0.25) is 9.78 Å². The van der Waals surface area contributed by atoms with Gasteiger partial charge in [-0.15, -0.1) is 0 Å². The van der Waals surface area contributed by atoms with Gasteiger partial charge in [0.15, 0.2) is 0 Å². The maximum Gasteiger partial charge on any atom is 0.271 e. The Morgan fingerprint density at radius 2 is 2.00 bits per heavy atom. The molecule has 6 nitrogen and oxygen atoms in total. The SMILES string of the molecule is CCC(C)NC(=O)c1cnc(NCc2ccncc2)cn1. The molecule has 0 aliphatic carbocycles. The second-order valence-corrected chi connectivity index (χ2v) is 4.78. The molecule has 1 atom stereocenters.